The molecule has 0 aromatic heterocycles. The minimum absolute atomic E-state index is 0.0379. The summed E-state index contributed by atoms with van der Waals surface area (Å²) < 4.78 is 10.7. The number of ether oxygens (including phenoxy) is 2. The van der Waals surface area contributed by atoms with Crippen LogP contribution in [0, 0.1) is 0 Å². The third-order valence-corrected chi connectivity index (χ3v) is 2.71. The van der Waals surface area contributed by atoms with Crippen LogP contribution in [0.5, 0.6) is 11.5 Å². The van der Waals surface area contributed by atoms with E-state index in [4.69, 9.17) is 9.47 Å². The van der Waals surface area contributed by atoms with E-state index in [0.717, 1.165) is 5.56 Å². The molecule has 0 aliphatic rings. The van der Waals surface area contributed by atoms with Crippen molar-refractivity contribution in [2.24, 2.45) is 0 Å². The number of methoxy groups -OCH3 is 1. The molecule has 0 saturated heterocycles. The summed E-state index contributed by atoms with van der Waals surface area (Å²) in [6.07, 6.45) is 3.02. The van der Waals surface area contributed by atoms with Crippen LogP contribution in [-0.4, -0.2) is 38.6 Å². The normalized spacial score (nSPS) is 10.3. The average molecular weight is 306 g/mol. The lowest BCUT2D eigenvalue weighted by Crippen LogP contribution is -2.35. The van der Waals surface area contributed by atoms with Crippen molar-refractivity contribution in [3.05, 3.63) is 29.8 Å². The van der Waals surface area contributed by atoms with Gasteiger partial charge in [-0.2, -0.15) is 0 Å². The highest BCUT2D eigenvalue weighted by Crippen LogP contribution is 2.28. The molecule has 1 rings (SSSR count). The lowest BCUT2D eigenvalue weighted by Gasteiger charge is -2.09. The van der Waals surface area contributed by atoms with Crippen molar-refractivity contribution >= 4 is 17.9 Å². The molecular weight excluding hydrogens is 284 g/mol. The number of likely N-dealkylation sites (N-methyl/N-ethyl adjacent to an activating group) is 1. The van der Waals surface area contributed by atoms with Crippen molar-refractivity contribution in [1.29, 1.82) is 0 Å². The Morgan fingerprint density at radius 3 is 2.59 bits per heavy atom. The highest BCUT2D eigenvalue weighted by molar-refractivity contribution is 5.94. The van der Waals surface area contributed by atoms with Gasteiger partial charge in [0.15, 0.2) is 11.5 Å². The Morgan fingerprint density at radius 2 is 1.95 bits per heavy atom. The van der Waals surface area contributed by atoms with Gasteiger partial charge in [-0.15, -0.1) is 0 Å². The molecule has 1 aromatic carbocycles. The fourth-order valence-corrected chi connectivity index (χ4v) is 1.72. The zero-order valence-corrected chi connectivity index (χ0v) is 13.1. The Balaban J connectivity index is 2.63. The van der Waals surface area contributed by atoms with Crippen LogP contribution in [0.4, 0.5) is 0 Å². The fourth-order valence-electron chi connectivity index (χ4n) is 1.72. The topological polar surface area (TPSA) is 76.7 Å². The maximum atomic E-state index is 11.6. The molecule has 0 atom stereocenters. The third-order valence-electron chi connectivity index (χ3n) is 2.71. The first-order valence-corrected chi connectivity index (χ1v) is 7.14. The largest absolute Gasteiger partial charge is 0.493 e. The highest BCUT2D eigenvalue weighted by atomic mass is 16.5. The van der Waals surface area contributed by atoms with E-state index < -0.39 is 0 Å². The Labute approximate surface area is 130 Å². The molecule has 0 fully saturated rings. The standard InChI is InChI=1S/C16H22N2O4/c1-4-17-16(20)11-18-15(19)9-7-12-6-8-13(21-3)14(10-12)22-5-2/h6-10H,4-5,11H2,1-3H3,(H,17,20)(H,18,19)/b9-7+. The Hall–Kier alpha value is -2.50. The SMILES string of the molecule is CCNC(=O)CNC(=O)/C=C/c1ccc(OC)c(OCC)c1. The predicted molar refractivity (Wildman–Crippen MR) is 84.9 cm³/mol. The van der Waals surface area contributed by atoms with Gasteiger partial charge in [0.25, 0.3) is 0 Å². The molecule has 0 spiro atoms. The smallest absolute Gasteiger partial charge is 0.244 e. The molecule has 0 heterocycles. The number of rotatable bonds is 8. The first-order valence-electron chi connectivity index (χ1n) is 7.14. The first-order chi connectivity index (χ1) is 10.6. The molecule has 22 heavy (non-hydrogen) atoms. The summed E-state index contributed by atoms with van der Waals surface area (Å²) in [4.78, 5) is 22.9. The summed E-state index contributed by atoms with van der Waals surface area (Å²) in [5, 5.41) is 5.11. The molecule has 120 valence electrons. The molecule has 6 heteroatoms. The molecule has 0 bridgehead atoms. The van der Waals surface area contributed by atoms with E-state index in [2.05, 4.69) is 10.6 Å². The van der Waals surface area contributed by atoms with Crippen LogP contribution >= 0.6 is 0 Å². The van der Waals surface area contributed by atoms with Gasteiger partial charge in [0, 0.05) is 12.6 Å². The lowest BCUT2D eigenvalue weighted by molar-refractivity contribution is -0.123. The number of carbonyl (C=O) groups is 2. The van der Waals surface area contributed by atoms with Crippen LogP contribution in [0.1, 0.15) is 19.4 Å². The summed E-state index contributed by atoms with van der Waals surface area (Å²) in [5.41, 5.74) is 0.803. The summed E-state index contributed by atoms with van der Waals surface area (Å²) in [6, 6.07) is 5.38. The quantitative estimate of drug-likeness (QED) is 0.711. The second kappa shape index (κ2) is 9.44. The van der Waals surface area contributed by atoms with Gasteiger partial charge in [0.1, 0.15) is 0 Å². The number of nitrogens with one attached hydrogen (secondary N) is 2. The summed E-state index contributed by atoms with van der Waals surface area (Å²) in [7, 11) is 1.57. The van der Waals surface area contributed by atoms with E-state index in [1.807, 2.05) is 19.9 Å². The van der Waals surface area contributed by atoms with Crippen LogP contribution in [0.3, 0.4) is 0 Å². The molecule has 0 radical (unpaired) electrons. The first kappa shape index (κ1) is 17.6. The molecule has 0 saturated carbocycles. The van der Waals surface area contributed by atoms with Gasteiger partial charge in [-0.05, 0) is 37.6 Å². The van der Waals surface area contributed by atoms with E-state index in [9.17, 15) is 9.59 Å². The fraction of sp³-hybridized carbons (Fsp3) is 0.375. The summed E-state index contributed by atoms with van der Waals surface area (Å²) >= 11 is 0. The molecule has 2 amide bonds. The van der Waals surface area contributed by atoms with Gasteiger partial charge in [-0.25, -0.2) is 0 Å². The van der Waals surface area contributed by atoms with Crippen molar-refractivity contribution in [2.75, 3.05) is 26.8 Å². The van der Waals surface area contributed by atoms with E-state index in [0.29, 0.717) is 24.7 Å². The minimum atomic E-state index is -0.333. The van der Waals surface area contributed by atoms with Crippen LogP contribution in [0.15, 0.2) is 24.3 Å². The highest BCUT2D eigenvalue weighted by Gasteiger charge is 2.05. The number of amides is 2. The van der Waals surface area contributed by atoms with Gasteiger partial charge in [-0.3, -0.25) is 9.59 Å². The monoisotopic (exact) mass is 306 g/mol. The lowest BCUT2D eigenvalue weighted by atomic mass is 10.2. The minimum Gasteiger partial charge on any atom is -0.493 e. The molecule has 6 nitrogen and oxygen atoms in total. The number of hydrogen-bond acceptors (Lipinski definition) is 4. The maximum Gasteiger partial charge on any atom is 0.244 e. The Kier molecular flexibility index (Phi) is 7.53. The van der Waals surface area contributed by atoms with Crippen molar-refractivity contribution in [2.45, 2.75) is 13.8 Å². The van der Waals surface area contributed by atoms with E-state index in [1.54, 1.807) is 25.3 Å². The van der Waals surface area contributed by atoms with Crippen molar-refractivity contribution in [1.82, 2.24) is 10.6 Å². The average Bonchev–Trinajstić information content (AvgIpc) is 2.52. The molecule has 2 N–H and O–H groups in total. The second-order valence-corrected chi connectivity index (χ2v) is 4.35. The zero-order chi connectivity index (χ0) is 16.4. The maximum absolute atomic E-state index is 11.6. The van der Waals surface area contributed by atoms with Crippen LogP contribution in [0.25, 0.3) is 6.08 Å². The molecular formula is C16H22N2O4. The molecule has 1 aromatic rings. The third kappa shape index (κ3) is 5.87. The summed E-state index contributed by atoms with van der Waals surface area (Å²) in [6.45, 7) is 4.73. The second-order valence-electron chi connectivity index (χ2n) is 4.35. The predicted octanol–water partition coefficient (Wildman–Crippen LogP) is 1.36. The number of hydrogen-bond donors (Lipinski definition) is 2. The molecule has 0 aliphatic heterocycles. The van der Waals surface area contributed by atoms with Gasteiger partial charge in [0.05, 0.1) is 20.3 Å². The van der Waals surface area contributed by atoms with Gasteiger partial charge < -0.3 is 20.1 Å². The van der Waals surface area contributed by atoms with Crippen LogP contribution in [0.2, 0.25) is 0 Å². The van der Waals surface area contributed by atoms with E-state index >= 15 is 0 Å². The molecule has 0 unspecified atom stereocenters. The Morgan fingerprint density at radius 1 is 1.18 bits per heavy atom. The zero-order valence-electron chi connectivity index (χ0n) is 13.1. The molecule has 0 aliphatic carbocycles. The van der Waals surface area contributed by atoms with Gasteiger partial charge in [0.2, 0.25) is 11.8 Å². The van der Waals surface area contributed by atoms with Crippen molar-refractivity contribution in [3.8, 4) is 11.5 Å². The van der Waals surface area contributed by atoms with E-state index in [-0.39, 0.29) is 18.4 Å². The van der Waals surface area contributed by atoms with Crippen molar-refractivity contribution < 1.29 is 19.1 Å². The van der Waals surface area contributed by atoms with E-state index in [1.165, 1.54) is 6.08 Å². The van der Waals surface area contributed by atoms with Gasteiger partial charge >= 0.3 is 0 Å². The van der Waals surface area contributed by atoms with Gasteiger partial charge in [-0.1, -0.05) is 6.07 Å². The van der Waals surface area contributed by atoms with Crippen molar-refractivity contribution in [3.63, 3.8) is 0 Å². The van der Waals surface area contributed by atoms with Crippen LogP contribution in [-0.2, 0) is 9.59 Å². The Bertz CT molecular complexity index is 541. The number of carbonyl (C=O) groups excluding carboxylic acids is 2. The van der Waals surface area contributed by atoms with Crippen LogP contribution < -0.4 is 20.1 Å². The summed E-state index contributed by atoms with van der Waals surface area (Å²) in [5.74, 6) is 0.710. The number of benzene rings is 1.